The molecule has 2 aromatic rings. The molecule has 6 nitrogen and oxygen atoms in total. The van der Waals surface area contributed by atoms with Gasteiger partial charge >= 0.3 is 0 Å². The van der Waals surface area contributed by atoms with Crippen LogP contribution in [0.5, 0.6) is 11.5 Å². The van der Waals surface area contributed by atoms with Crippen molar-refractivity contribution < 1.29 is 14.4 Å². The van der Waals surface area contributed by atoms with Gasteiger partial charge in [0.15, 0.2) is 11.5 Å². The first-order valence-electron chi connectivity index (χ1n) is 7.88. The largest absolute Gasteiger partial charge is 0.486 e. The van der Waals surface area contributed by atoms with Gasteiger partial charge in [-0.15, -0.1) is 0 Å². The lowest BCUT2D eigenvalue weighted by Gasteiger charge is -2.27. The van der Waals surface area contributed by atoms with Crippen LogP contribution in [0.25, 0.3) is 0 Å². The average Bonchev–Trinajstić information content (AvgIpc) is 2.61. The molecule has 0 saturated carbocycles. The highest BCUT2D eigenvalue weighted by Crippen LogP contribution is 2.35. The SMILES string of the molecule is CC(c1cccc([N+](=O)[O-])c1)N(C)Cc1cccc2c1OCCO2. The van der Waals surface area contributed by atoms with Gasteiger partial charge in [0.05, 0.1) is 4.92 Å². The average molecular weight is 328 g/mol. The summed E-state index contributed by atoms with van der Waals surface area (Å²) in [5.41, 5.74) is 2.07. The van der Waals surface area contributed by atoms with E-state index < -0.39 is 0 Å². The highest BCUT2D eigenvalue weighted by atomic mass is 16.6. The van der Waals surface area contributed by atoms with Gasteiger partial charge in [0.2, 0.25) is 0 Å². The molecule has 3 rings (SSSR count). The maximum absolute atomic E-state index is 11.0. The Morgan fingerprint density at radius 1 is 1.21 bits per heavy atom. The number of rotatable bonds is 5. The maximum Gasteiger partial charge on any atom is 0.269 e. The van der Waals surface area contributed by atoms with Crippen molar-refractivity contribution in [2.75, 3.05) is 20.3 Å². The van der Waals surface area contributed by atoms with Crippen molar-refractivity contribution >= 4 is 5.69 Å². The molecule has 1 heterocycles. The van der Waals surface area contributed by atoms with E-state index in [1.54, 1.807) is 12.1 Å². The van der Waals surface area contributed by atoms with Gasteiger partial charge in [-0.2, -0.15) is 0 Å². The Morgan fingerprint density at radius 3 is 2.75 bits per heavy atom. The Hall–Kier alpha value is -2.60. The van der Waals surface area contributed by atoms with Gasteiger partial charge in [0.1, 0.15) is 13.2 Å². The first-order chi connectivity index (χ1) is 11.6. The second-order valence-electron chi connectivity index (χ2n) is 5.88. The van der Waals surface area contributed by atoms with Crippen LogP contribution in [0, 0.1) is 10.1 Å². The van der Waals surface area contributed by atoms with Crippen LogP contribution in [-0.2, 0) is 6.54 Å². The summed E-state index contributed by atoms with van der Waals surface area (Å²) in [6, 6.07) is 12.7. The molecule has 0 aliphatic carbocycles. The van der Waals surface area contributed by atoms with Crippen LogP contribution in [0.15, 0.2) is 42.5 Å². The normalized spacial score (nSPS) is 14.5. The lowest BCUT2D eigenvalue weighted by Crippen LogP contribution is -2.23. The first kappa shape index (κ1) is 16.3. The number of hydrogen-bond donors (Lipinski definition) is 0. The zero-order chi connectivity index (χ0) is 17.1. The van der Waals surface area contributed by atoms with E-state index in [2.05, 4.69) is 4.90 Å². The number of fused-ring (bicyclic) bond motifs is 1. The van der Waals surface area contributed by atoms with E-state index in [1.165, 1.54) is 6.07 Å². The molecule has 0 aromatic heterocycles. The second kappa shape index (κ2) is 6.88. The fraction of sp³-hybridized carbons (Fsp3) is 0.333. The molecule has 2 aromatic carbocycles. The summed E-state index contributed by atoms with van der Waals surface area (Å²) >= 11 is 0. The fourth-order valence-electron chi connectivity index (χ4n) is 2.82. The Bertz CT molecular complexity index is 748. The molecule has 0 amide bonds. The van der Waals surface area contributed by atoms with Gasteiger partial charge in [0.25, 0.3) is 5.69 Å². The minimum Gasteiger partial charge on any atom is -0.486 e. The van der Waals surface area contributed by atoms with E-state index in [-0.39, 0.29) is 16.7 Å². The molecule has 1 unspecified atom stereocenters. The smallest absolute Gasteiger partial charge is 0.269 e. The van der Waals surface area contributed by atoms with Crippen molar-refractivity contribution in [1.82, 2.24) is 4.90 Å². The van der Waals surface area contributed by atoms with Crippen LogP contribution >= 0.6 is 0 Å². The lowest BCUT2D eigenvalue weighted by molar-refractivity contribution is -0.384. The number of nitro groups is 1. The summed E-state index contributed by atoms with van der Waals surface area (Å²) in [5, 5.41) is 11.0. The summed E-state index contributed by atoms with van der Waals surface area (Å²) < 4.78 is 11.4. The van der Waals surface area contributed by atoms with Gasteiger partial charge < -0.3 is 9.47 Å². The molecule has 0 fully saturated rings. The van der Waals surface area contributed by atoms with Gasteiger partial charge in [-0.05, 0) is 25.6 Å². The number of benzene rings is 2. The third kappa shape index (κ3) is 3.33. The molecule has 0 N–H and O–H groups in total. The number of para-hydroxylation sites is 1. The van der Waals surface area contributed by atoms with Crippen LogP contribution in [0.1, 0.15) is 24.1 Å². The Morgan fingerprint density at radius 2 is 1.96 bits per heavy atom. The molecule has 0 spiro atoms. The highest BCUT2D eigenvalue weighted by Gasteiger charge is 2.20. The molecule has 6 heteroatoms. The molecule has 1 atom stereocenters. The number of hydrogen-bond acceptors (Lipinski definition) is 5. The van der Waals surface area contributed by atoms with Gasteiger partial charge in [0, 0.05) is 30.3 Å². The molecular weight excluding hydrogens is 308 g/mol. The minimum atomic E-state index is -0.366. The fourth-order valence-corrected chi connectivity index (χ4v) is 2.82. The first-order valence-corrected chi connectivity index (χ1v) is 7.88. The number of ether oxygens (including phenoxy) is 2. The summed E-state index contributed by atoms with van der Waals surface area (Å²) in [5.74, 6) is 1.57. The molecule has 0 bridgehead atoms. The summed E-state index contributed by atoms with van der Waals surface area (Å²) in [7, 11) is 1.99. The van der Waals surface area contributed by atoms with Crippen molar-refractivity contribution in [3.8, 4) is 11.5 Å². The molecule has 24 heavy (non-hydrogen) atoms. The van der Waals surface area contributed by atoms with Crippen molar-refractivity contribution in [2.45, 2.75) is 19.5 Å². The lowest BCUT2D eigenvalue weighted by atomic mass is 10.1. The molecule has 126 valence electrons. The summed E-state index contributed by atoms with van der Waals surface area (Å²) in [6.45, 7) is 3.81. The predicted octanol–water partition coefficient (Wildman–Crippen LogP) is 3.56. The molecular formula is C18H20N2O4. The van der Waals surface area contributed by atoms with E-state index in [0.29, 0.717) is 19.8 Å². The molecule has 0 radical (unpaired) electrons. The topological polar surface area (TPSA) is 64.8 Å². The second-order valence-corrected chi connectivity index (χ2v) is 5.88. The monoisotopic (exact) mass is 328 g/mol. The molecule has 1 aliphatic rings. The van der Waals surface area contributed by atoms with Crippen LogP contribution in [0.2, 0.25) is 0 Å². The van der Waals surface area contributed by atoms with E-state index in [0.717, 1.165) is 22.6 Å². The van der Waals surface area contributed by atoms with Gasteiger partial charge in [-0.25, -0.2) is 0 Å². The van der Waals surface area contributed by atoms with Crippen molar-refractivity contribution in [3.63, 3.8) is 0 Å². The van der Waals surface area contributed by atoms with Crippen molar-refractivity contribution in [1.29, 1.82) is 0 Å². The zero-order valence-corrected chi connectivity index (χ0v) is 13.8. The van der Waals surface area contributed by atoms with Crippen LogP contribution in [-0.4, -0.2) is 30.1 Å². The zero-order valence-electron chi connectivity index (χ0n) is 13.8. The van der Waals surface area contributed by atoms with Crippen LogP contribution in [0.3, 0.4) is 0 Å². The Balaban J connectivity index is 1.79. The van der Waals surface area contributed by atoms with E-state index in [1.807, 2.05) is 38.2 Å². The quantitative estimate of drug-likeness (QED) is 0.620. The minimum absolute atomic E-state index is 0.0327. The Labute approximate surface area is 140 Å². The number of non-ortho nitro benzene ring substituents is 1. The van der Waals surface area contributed by atoms with Gasteiger partial charge in [-0.3, -0.25) is 15.0 Å². The van der Waals surface area contributed by atoms with Crippen LogP contribution < -0.4 is 9.47 Å². The van der Waals surface area contributed by atoms with E-state index in [4.69, 9.17) is 9.47 Å². The molecule has 0 saturated heterocycles. The summed E-state index contributed by atoms with van der Waals surface area (Å²) in [6.07, 6.45) is 0. The third-order valence-electron chi connectivity index (χ3n) is 4.29. The van der Waals surface area contributed by atoms with Gasteiger partial charge in [-0.1, -0.05) is 24.3 Å². The highest BCUT2D eigenvalue weighted by molar-refractivity contribution is 5.47. The summed E-state index contributed by atoms with van der Waals surface area (Å²) in [4.78, 5) is 12.7. The van der Waals surface area contributed by atoms with E-state index in [9.17, 15) is 10.1 Å². The number of nitro benzene ring substituents is 1. The van der Waals surface area contributed by atoms with Crippen molar-refractivity contribution in [2.24, 2.45) is 0 Å². The molecule has 1 aliphatic heterocycles. The standard InChI is InChI=1S/C18H20N2O4/c1-13(14-5-3-7-16(11-14)20(21)22)19(2)12-15-6-4-8-17-18(15)24-10-9-23-17/h3-8,11,13H,9-10,12H2,1-2H3. The van der Waals surface area contributed by atoms with Crippen molar-refractivity contribution in [3.05, 3.63) is 63.7 Å². The van der Waals surface area contributed by atoms with E-state index >= 15 is 0 Å². The Kier molecular flexibility index (Phi) is 4.66. The number of nitrogens with zero attached hydrogens (tertiary/aromatic N) is 2. The predicted molar refractivity (Wildman–Crippen MR) is 90.4 cm³/mol. The maximum atomic E-state index is 11.0. The third-order valence-corrected chi connectivity index (χ3v) is 4.29. The van der Waals surface area contributed by atoms with Crippen LogP contribution in [0.4, 0.5) is 5.69 Å².